The molecule has 5 heavy (non-hydrogen) atoms. The molecule has 0 aliphatic rings. The summed E-state index contributed by atoms with van der Waals surface area (Å²) < 4.78 is 3.38. The van der Waals surface area contributed by atoms with Crippen molar-refractivity contribution in [3.63, 3.8) is 0 Å². The van der Waals surface area contributed by atoms with Crippen molar-refractivity contribution in [2.45, 2.75) is 6.92 Å². The molecule has 0 aromatic rings. The van der Waals surface area contributed by atoms with Crippen LogP contribution < -0.4 is 21.2 Å². The van der Waals surface area contributed by atoms with Crippen LogP contribution in [0.2, 0.25) is 0 Å². The van der Waals surface area contributed by atoms with Gasteiger partial charge in [-0.2, -0.15) is 0 Å². The number of rotatable bonds is 2. The summed E-state index contributed by atoms with van der Waals surface area (Å²) in [5.41, 5.74) is 0. The Morgan fingerprint density at radius 3 is 2.60 bits per heavy atom. The summed E-state index contributed by atoms with van der Waals surface area (Å²) in [5, 5.41) is 0. The molecule has 0 aliphatic heterocycles. The second-order valence-corrected chi connectivity index (χ2v) is 3.86. The summed E-state index contributed by atoms with van der Waals surface area (Å²) in [7, 11) is 0. The van der Waals surface area contributed by atoms with Gasteiger partial charge in [-0.15, -0.1) is 0 Å². The molecule has 0 spiro atoms. The number of hydrogen-bond acceptors (Lipinski definition) is 0. The van der Waals surface area contributed by atoms with Gasteiger partial charge in [0.2, 0.25) is 0 Å². The molecule has 0 aromatic heterocycles. The zero-order valence-corrected chi connectivity index (χ0v) is 5.53. The molecule has 0 radical (unpaired) electrons. The molecule has 0 amide bonds. The van der Waals surface area contributed by atoms with Crippen molar-refractivity contribution in [2.75, 3.05) is 4.43 Å². The molecular formula is C4H8I-. The first-order valence-corrected chi connectivity index (χ1v) is 4.37. The van der Waals surface area contributed by atoms with Gasteiger partial charge in [0.05, 0.1) is 0 Å². The van der Waals surface area contributed by atoms with E-state index in [0.717, 1.165) is 0 Å². The van der Waals surface area contributed by atoms with Crippen LogP contribution in [0.1, 0.15) is 6.92 Å². The van der Waals surface area contributed by atoms with E-state index in [0.29, 0.717) is 21.2 Å². The van der Waals surface area contributed by atoms with Crippen LogP contribution in [0, 0.1) is 0 Å². The summed E-state index contributed by atoms with van der Waals surface area (Å²) >= 11 is 0.395. The van der Waals surface area contributed by atoms with E-state index in [9.17, 15) is 0 Å². The van der Waals surface area contributed by atoms with E-state index in [1.807, 2.05) is 4.08 Å². The molecule has 32 valence electrons. The van der Waals surface area contributed by atoms with Crippen LogP contribution in [0.4, 0.5) is 0 Å². The fraction of sp³-hybridized carbons (Fsp3) is 0.500. The SMILES string of the molecule is C=C[I-]CC. The first-order chi connectivity index (χ1) is 2.41. The van der Waals surface area contributed by atoms with Gasteiger partial charge in [-0.3, -0.25) is 0 Å². The Labute approximate surface area is 43.5 Å². The third-order valence-corrected chi connectivity index (χ3v) is 1.77. The molecule has 0 nitrogen and oxygen atoms in total. The van der Waals surface area contributed by atoms with Crippen molar-refractivity contribution in [1.82, 2.24) is 0 Å². The molecule has 0 aromatic carbocycles. The number of hydrogen-bond donors (Lipinski definition) is 0. The second-order valence-electron chi connectivity index (χ2n) is 0.576. The van der Waals surface area contributed by atoms with E-state index in [1.54, 1.807) is 0 Å². The summed E-state index contributed by atoms with van der Waals surface area (Å²) in [6, 6.07) is 0. The van der Waals surface area contributed by atoms with E-state index < -0.39 is 0 Å². The zero-order valence-electron chi connectivity index (χ0n) is 3.37. The van der Waals surface area contributed by atoms with E-state index in [-0.39, 0.29) is 0 Å². The molecule has 0 fully saturated rings. The first-order valence-electron chi connectivity index (χ1n) is 1.60. The normalized spacial score (nSPS) is 8.20. The van der Waals surface area contributed by atoms with Crippen LogP contribution in [0.25, 0.3) is 0 Å². The predicted molar refractivity (Wildman–Crippen MR) is 20.7 cm³/mol. The maximum atomic E-state index is 3.60. The van der Waals surface area contributed by atoms with Crippen LogP contribution in [-0.4, -0.2) is 4.43 Å². The summed E-state index contributed by atoms with van der Waals surface area (Å²) in [6.45, 7) is 5.79. The van der Waals surface area contributed by atoms with Crippen molar-refractivity contribution < 1.29 is 21.2 Å². The Kier molecular flexibility index (Phi) is 4.89. The first kappa shape index (κ1) is 5.47. The number of halogens is 1. The number of alkyl halides is 1. The molecule has 0 N–H and O–H groups in total. The predicted octanol–water partition coefficient (Wildman–Crippen LogP) is -1.76. The molecule has 0 saturated carbocycles. The Bertz CT molecular complexity index is 24.8. The van der Waals surface area contributed by atoms with Crippen LogP contribution >= 0.6 is 0 Å². The quantitative estimate of drug-likeness (QED) is 0.351. The molecule has 0 atom stereocenters. The van der Waals surface area contributed by atoms with Crippen molar-refractivity contribution in [3.8, 4) is 0 Å². The molecule has 0 saturated heterocycles. The monoisotopic (exact) mass is 183 g/mol. The van der Waals surface area contributed by atoms with Gasteiger partial charge in [-0.25, -0.2) is 0 Å². The zero-order chi connectivity index (χ0) is 4.12. The van der Waals surface area contributed by atoms with Gasteiger partial charge in [0.15, 0.2) is 0 Å². The van der Waals surface area contributed by atoms with E-state index in [2.05, 4.69) is 13.5 Å². The average molecular weight is 183 g/mol. The fourth-order valence-electron chi connectivity index (χ4n) is 0.109. The van der Waals surface area contributed by atoms with Crippen molar-refractivity contribution in [3.05, 3.63) is 10.7 Å². The van der Waals surface area contributed by atoms with Gasteiger partial charge >= 0.3 is 43.2 Å². The topological polar surface area (TPSA) is 0 Å². The Morgan fingerprint density at radius 2 is 2.60 bits per heavy atom. The molecule has 0 bridgehead atoms. The van der Waals surface area contributed by atoms with Gasteiger partial charge in [0.1, 0.15) is 0 Å². The van der Waals surface area contributed by atoms with E-state index in [1.165, 1.54) is 4.43 Å². The Balaban J connectivity index is 2.40. The van der Waals surface area contributed by atoms with Crippen LogP contribution in [0.3, 0.4) is 0 Å². The van der Waals surface area contributed by atoms with Gasteiger partial charge in [0.25, 0.3) is 0 Å². The average Bonchev–Trinajstić information content (AvgIpc) is 1.41. The van der Waals surface area contributed by atoms with E-state index >= 15 is 0 Å². The third-order valence-electron chi connectivity index (χ3n) is 0.263. The van der Waals surface area contributed by atoms with Gasteiger partial charge < -0.3 is 0 Å². The maximum absolute atomic E-state index is 3.60. The molecule has 0 unspecified atom stereocenters. The molecular weight excluding hydrogens is 175 g/mol. The summed E-state index contributed by atoms with van der Waals surface area (Å²) in [5.74, 6) is 0. The molecule has 0 aliphatic carbocycles. The Hall–Kier alpha value is 0.470. The van der Waals surface area contributed by atoms with Gasteiger partial charge in [-0.1, -0.05) is 0 Å². The van der Waals surface area contributed by atoms with Crippen molar-refractivity contribution in [2.24, 2.45) is 0 Å². The van der Waals surface area contributed by atoms with Crippen LogP contribution in [-0.2, 0) is 0 Å². The second kappa shape index (κ2) is 4.47. The molecule has 1 heteroatoms. The fourth-order valence-corrected chi connectivity index (χ4v) is 0.732. The van der Waals surface area contributed by atoms with Crippen molar-refractivity contribution >= 4 is 0 Å². The summed E-state index contributed by atoms with van der Waals surface area (Å²) in [4.78, 5) is 0. The molecule has 0 heterocycles. The standard InChI is InChI=1S/C4H8I/c1-3-5-4-2/h3H,1,4H2,2H3/q-1. The third kappa shape index (κ3) is 4.47. The minimum absolute atomic E-state index is 0.395. The summed E-state index contributed by atoms with van der Waals surface area (Å²) in [6.07, 6.45) is 0. The Morgan fingerprint density at radius 1 is 2.00 bits per heavy atom. The van der Waals surface area contributed by atoms with Gasteiger partial charge in [-0.05, 0) is 0 Å². The van der Waals surface area contributed by atoms with Crippen LogP contribution in [0.5, 0.6) is 0 Å². The van der Waals surface area contributed by atoms with Gasteiger partial charge in [0, 0.05) is 0 Å². The van der Waals surface area contributed by atoms with Crippen LogP contribution in [0.15, 0.2) is 10.7 Å². The molecule has 0 rings (SSSR count). The minimum atomic E-state index is 0.395. The van der Waals surface area contributed by atoms with Crippen molar-refractivity contribution in [1.29, 1.82) is 0 Å². The van der Waals surface area contributed by atoms with E-state index in [4.69, 9.17) is 0 Å².